The largest absolute Gasteiger partial charge is 0.356 e. The van der Waals surface area contributed by atoms with Gasteiger partial charge in [-0.15, -0.1) is 24.0 Å². The second-order valence-electron chi connectivity index (χ2n) is 8.38. The number of benzene rings is 1. The molecule has 178 valence electrons. The van der Waals surface area contributed by atoms with Crippen molar-refractivity contribution in [3.8, 4) is 0 Å². The Balaban J connectivity index is 0.00000363. The number of halogens is 1. The predicted octanol–water partition coefficient (Wildman–Crippen LogP) is 3.01. The van der Waals surface area contributed by atoms with Crippen LogP contribution in [0.25, 0.3) is 0 Å². The zero-order valence-electron chi connectivity index (χ0n) is 20.1. The van der Waals surface area contributed by atoms with Gasteiger partial charge in [-0.3, -0.25) is 14.6 Å². The number of likely N-dealkylation sites (N-methyl/N-ethyl adjacent to an activating group) is 1. The van der Waals surface area contributed by atoms with Gasteiger partial charge in [0.15, 0.2) is 5.96 Å². The highest BCUT2D eigenvalue weighted by molar-refractivity contribution is 14.0. The van der Waals surface area contributed by atoms with Crippen molar-refractivity contribution >= 4 is 29.9 Å². The minimum atomic E-state index is 0. The monoisotopic (exact) mass is 553 g/mol. The Kier molecular flexibility index (Phi) is 11.5. The average Bonchev–Trinajstić information content (AvgIpc) is 3.11. The van der Waals surface area contributed by atoms with Crippen LogP contribution < -0.4 is 10.6 Å². The summed E-state index contributed by atoms with van der Waals surface area (Å²) in [5.41, 5.74) is 4.95. The average molecular weight is 554 g/mol. The van der Waals surface area contributed by atoms with Gasteiger partial charge in [0.1, 0.15) is 0 Å². The van der Waals surface area contributed by atoms with Gasteiger partial charge in [0.2, 0.25) is 0 Å². The fraction of sp³-hybridized carbons (Fsp3) is 0.583. The number of aliphatic imine (C=N–C) groups is 1. The fourth-order valence-electron chi connectivity index (χ4n) is 4.03. The number of aryl methyl sites for hydroxylation is 3. The molecule has 1 aromatic carbocycles. The van der Waals surface area contributed by atoms with Gasteiger partial charge in [-0.1, -0.05) is 31.2 Å². The van der Waals surface area contributed by atoms with Crippen LogP contribution in [0.15, 0.2) is 35.3 Å². The highest BCUT2D eigenvalue weighted by atomic mass is 127. The molecule has 0 amide bonds. The number of nitrogens with one attached hydrogen (secondary N) is 2. The van der Waals surface area contributed by atoms with E-state index in [1.54, 1.807) is 0 Å². The molecule has 7 nitrogen and oxygen atoms in total. The molecule has 0 aliphatic carbocycles. The van der Waals surface area contributed by atoms with E-state index >= 15 is 0 Å². The molecule has 0 radical (unpaired) electrons. The van der Waals surface area contributed by atoms with E-state index in [0.29, 0.717) is 0 Å². The number of hydrogen-bond donors (Lipinski definition) is 2. The Morgan fingerprint density at radius 3 is 2.25 bits per heavy atom. The molecular formula is C24H40IN7. The van der Waals surface area contributed by atoms with Crippen molar-refractivity contribution in [1.29, 1.82) is 0 Å². The van der Waals surface area contributed by atoms with Crippen LogP contribution in [0.3, 0.4) is 0 Å². The van der Waals surface area contributed by atoms with E-state index in [2.05, 4.69) is 79.4 Å². The zero-order chi connectivity index (χ0) is 22.1. The third-order valence-electron chi connectivity index (χ3n) is 5.97. The van der Waals surface area contributed by atoms with Crippen LogP contribution in [0.4, 0.5) is 0 Å². The van der Waals surface area contributed by atoms with Crippen LogP contribution in [-0.2, 0) is 19.6 Å². The summed E-state index contributed by atoms with van der Waals surface area (Å²) in [5, 5.41) is 11.3. The van der Waals surface area contributed by atoms with Crippen molar-refractivity contribution in [2.45, 2.75) is 46.8 Å². The smallest absolute Gasteiger partial charge is 0.191 e. The highest BCUT2D eigenvalue weighted by Crippen LogP contribution is 2.10. The van der Waals surface area contributed by atoms with Crippen molar-refractivity contribution in [2.24, 2.45) is 4.99 Å². The first kappa shape index (κ1) is 26.6. The topological polar surface area (TPSA) is 60.7 Å². The molecule has 8 heteroatoms. The van der Waals surface area contributed by atoms with Gasteiger partial charge >= 0.3 is 0 Å². The van der Waals surface area contributed by atoms with Crippen LogP contribution in [-0.4, -0.2) is 71.9 Å². The number of rotatable bonds is 9. The van der Waals surface area contributed by atoms with Gasteiger partial charge in [-0.2, -0.15) is 5.10 Å². The van der Waals surface area contributed by atoms with Gasteiger partial charge < -0.3 is 15.5 Å². The minimum Gasteiger partial charge on any atom is -0.356 e. The van der Waals surface area contributed by atoms with Crippen LogP contribution in [0.2, 0.25) is 0 Å². The number of aromatic nitrogens is 2. The van der Waals surface area contributed by atoms with Gasteiger partial charge in [0.05, 0.1) is 5.69 Å². The molecule has 0 spiro atoms. The van der Waals surface area contributed by atoms with Crippen molar-refractivity contribution < 1.29 is 0 Å². The summed E-state index contributed by atoms with van der Waals surface area (Å²) in [4.78, 5) is 9.41. The third kappa shape index (κ3) is 8.37. The summed E-state index contributed by atoms with van der Waals surface area (Å²) in [7, 11) is 1.82. The fourth-order valence-corrected chi connectivity index (χ4v) is 4.03. The second kappa shape index (κ2) is 13.8. The standard InChI is InChI=1S/C24H39N7.HI/c1-5-29-13-15-30(16-14-29)19-23-9-7-22(8-10-23)18-27-24(25-4)26-11-6-12-31-21(3)17-20(2)28-31;/h7-10,17H,5-6,11-16,18-19H2,1-4H3,(H2,25,26,27);1H. The molecule has 1 saturated heterocycles. The normalized spacial score (nSPS) is 15.4. The second-order valence-corrected chi connectivity index (χ2v) is 8.38. The van der Waals surface area contributed by atoms with Crippen molar-refractivity contribution in [1.82, 2.24) is 30.2 Å². The van der Waals surface area contributed by atoms with Crippen molar-refractivity contribution in [2.75, 3.05) is 46.3 Å². The summed E-state index contributed by atoms with van der Waals surface area (Å²) in [6.45, 7) is 15.8. The molecular weight excluding hydrogens is 513 g/mol. The maximum absolute atomic E-state index is 4.51. The van der Waals surface area contributed by atoms with E-state index in [0.717, 1.165) is 50.8 Å². The maximum atomic E-state index is 4.51. The van der Waals surface area contributed by atoms with Gasteiger partial charge in [0, 0.05) is 65.1 Å². The molecule has 3 rings (SSSR count). The molecule has 1 fully saturated rings. The van der Waals surface area contributed by atoms with Gasteiger partial charge in [-0.25, -0.2) is 0 Å². The quantitative estimate of drug-likeness (QED) is 0.217. The lowest BCUT2D eigenvalue weighted by Gasteiger charge is -2.34. The van der Waals surface area contributed by atoms with E-state index in [1.165, 1.54) is 43.0 Å². The molecule has 1 aromatic heterocycles. The molecule has 0 saturated carbocycles. The summed E-state index contributed by atoms with van der Waals surface area (Å²) in [6.07, 6.45) is 1.00. The Morgan fingerprint density at radius 1 is 1.00 bits per heavy atom. The molecule has 32 heavy (non-hydrogen) atoms. The first-order chi connectivity index (χ1) is 15.1. The summed E-state index contributed by atoms with van der Waals surface area (Å²) < 4.78 is 2.07. The molecule has 1 aliphatic heterocycles. The minimum absolute atomic E-state index is 0. The van der Waals surface area contributed by atoms with Crippen molar-refractivity contribution in [3.05, 3.63) is 52.8 Å². The Hall–Kier alpha value is -1.65. The lowest BCUT2D eigenvalue weighted by molar-refractivity contribution is 0.132. The molecule has 0 bridgehead atoms. The first-order valence-electron chi connectivity index (χ1n) is 11.6. The van der Waals surface area contributed by atoms with Gasteiger partial charge in [-0.05, 0) is 44.0 Å². The number of piperazine rings is 1. The number of hydrogen-bond acceptors (Lipinski definition) is 4. The maximum Gasteiger partial charge on any atom is 0.191 e. The predicted molar refractivity (Wildman–Crippen MR) is 144 cm³/mol. The third-order valence-corrected chi connectivity index (χ3v) is 5.97. The van der Waals surface area contributed by atoms with Crippen LogP contribution >= 0.6 is 24.0 Å². The zero-order valence-corrected chi connectivity index (χ0v) is 22.4. The van der Waals surface area contributed by atoms with E-state index in [1.807, 2.05) is 14.0 Å². The number of guanidine groups is 1. The van der Waals surface area contributed by atoms with Crippen LogP contribution in [0.1, 0.15) is 35.9 Å². The molecule has 0 unspecified atom stereocenters. The number of nitrogens with zero attached hydrogens (tertiary/aromatic N) is 5. The van der Waals surface area contributed by atoms with E-state index in [4.69, 9.17) is 0 Å². The Bertz CT molecular complexity index is 823. The summed E-state index contributed by atoms with van der Waals surface area (Å²) >= 11 is 0. The van der Waals surface area contributed by atoms with Crippen LogP contribution in [0.5, 0.6) is 0 Å². The Labute approximate surface area is 210 Å². The highest BCUT2D eigenvalue weighted by Gasteiger charge is 2.15. The molecule has 1 aliphatic rings. The summed E-state index contributed by atoms with van der Waals surface area (Å²) in [5.74, 6) is 0.839. The molecule has 2 aromatic rings. The van der Waals surface area contributed by atoms with E-state index in [-0.39, 0.29) is 24.0 Å². The van der Waals surface area contributed by atoms with E-state index in [9.17, 15) is 0 Å². The van der Waals surface area contributed by atoms with Crippen molar-refractivity contribution in [3.63, 3.8) is 0 Å². The molecule has 2 heterocycles. The first-order valence-corrected chi connectivity index (χ1v) is 11.6. The van der Waals surface area contributed by atoms with E-state index < -0.39 is 0 Å². The Morgan fingerprint density at radius 2 is 1.66 bits per heavy atom. The lowest BCUT2D eigenvalue weighted by atomic mass is 10.1. The van der Waals surface area contributed by atoms with Crippen LogP contribution in [0, 0.1) is 13.8 Å². The SMILES string of the molecule is CCN1CCN(Cc2ccc(CNC(=NC)NCCCn3nc(C)cc3C)cc2)CC1.I. The molecule has 2 N–H and O–H groups in total. The van der Waals surface area contributed by atoms with Gasteiger partial charge in [0.25, 0.3) is 0 Å². The lowest BCUT2D eigenvalue weighted by Crippen LogP contribution is -2.45. The molecule has 0 atom stereocenters. The summed E-state index contributed by atoms with van der Waals surface area (Å²) in [6, 6.07) is 11.1.